The van der Waals surface area contributed by atoms with Crippen LogP contribution in [0.5, 0.6) is 5.75 Å². The molecule has 0 spiro atoms. The lowest BCUT2D eigenvalue weighted by atomic mass is 10.0. The maximum atomic E-state index is 12.6. The van der Waals surface area contributed by atoms with E-state index in [1.165, 1.54) is 0 Å². The summed E-state index contributed by atoms with van der Waals surface area (Å²) in [5, 5.41) is 0. The summed E-state index contributed by atoms with van der Waals surface area (Å²) in [4.78, 5) is 14.5. The van der Waals surface area contributed by atoms with E-state index >= 15 is 0 Å². The highest BCUT2D eigenvalue weighted by molar-refractivity contribution is 7.88. The number of rotatable bonds is 6. The molecule has 1 atom stereocenters. The van der Waals surface area contributed by atoms with Crippen LogP contribution in [0.2, 0.25) is 0 Å². The molecule has 1 N–H and O–H groups in total. The molecule has 1 aliphatic rings. The molecular weight excluding hydrogens is 328 g/mol. The van der Waals surface area contributed by atoms with Crippen molar-refractivity contribution < 1.29 is 17.9 Å². The van der Waals surface area contributed by atoms with E-state index in [0.29, 0.717) is 5.75 Å². The van der Waals surface area contributed by atoms with Gasteiger partial charge in [0.2, 0.25) is 15.9 Å². The number of hydrogen-bond acceptors (Lipinski definition) is 4. The van der Waals surface area contributed by atoms with Crippen molar-refractivity contribution in [3.63, 3.8) is 0 Å². The first kappa shape index (κ1) is 18.7. The summed E-state index contributed by atoms with van der Waals surface area (Å²) in [6, 6.07) is 6.54. The molecule has 1 amide bonds. The molecule has 0 unspecified atom stereocenters. The zero-order valence-corrected chi connectivity index (χ0v) is 15.1. The zero-order chi connectivity index (χ0) is 17.6. The van der Waals surface area contributed by atoms with Crippen LogP contribution < -0.4 is 9.46 Å². The van der Waals surface area contributed by atoms with E-state index in [1.54, 1.807) is 31.4 Å². The van der Waals surface area contributed by atoms with Crippen LogP contribution in [0.4, 0.5) is 0 Å². The van der Waals surface area contributed by atoms with Crippen LogP contribution in [0, 0.1) is 0 Å². The first-order chi connectivity index (χ1) is 11.4. The van der Waals surface area contributed by atoms with Gasteiger partial charge in [-0.15, -0.1) is 0 Å². The minimum Gasteiger partial charge on any atom is -0.497 e. The molecule has 1 aromatic carbocycles. The number of amides is 1. The van der Waals surface area contributed by atoms with Crippen LogP contribution in [0.25, 0.3) is 0 Å². The number of hydrogen-bond donors (Lipinski definition) is 1. The number of likely N-dealkylation sites (tertiary alicyclic amines) is 1. The number of ether oxygens (including phenoxy) is 1. The second-order valence-electron chi connectivity index (χ2n) is 6.21. The number of carbonyl (C=O) groups is 1. The van der Waals surface area contributed by atoms with Crippen LogP contribution in [0.15, 0.2) is 24.3 Å². The topological polar surface area (TPSA) is 75.7 Å². The fourth-order valence-corrected chi connectivity index (χ4v) is 3.68. The van der Waals surface area contributed by atoms with Gasteiger partial charge in [0.15, 0.2) is 0 Å². The predicted octanol–water partition coefficient (Wildman–Crippen LogP) is 2.08. The summed E-state index contributed by atoms with van der Waals surface area (Å²) in [6.07, 6.45) is 5.55. The molecule has 1 fully saturated rings. The van der Waals surface area contributed by atoms with E-state index in [2.05, 4.69) is 4.72 Å². The molecule has 0 aliphatic carbocycles. The first-order valence-electron chi connectivity index (χ1n) is 8.28. The van der Waals surface area contributed by atoms with Gasteiger partial charge in [0.25, 0.3) is 0 Å². The Bertz CT molecular complexity index is 635. The molecule has 134 valence electrons. The maximum Gasteiger partial charge on any atom is 0.224 e. The van der Waals surface area contributed by atoms with Crippen molar-refractivity contribution in [3.8, 4) is 5.75 Å². The number of carbonyl (C=O) groups excluding carboxylic acids is 1. The van der Waals surface area contributed by atoms with E-state index in [9.17, 15) is 13.2 Å². The minimum atomic E-state index is -3.42. The Morgan fingerprint density at radius 1 is 1.17 bits per heavy atom. The lowest BCUT2D eigenvalue weighted by Gasteiger charge is -2.24. The largest absolute Gasteiger partial charge is 0.497 e. The smallest absolute Gasteiger partial charge is 0.224 e. The van der Waals surface area contributed by atoms with Gasteiger partial charge in [-0.25, -0.2) is 13.1 Å². The normalized spacial score (nSPS) is 17.2. The van der Waals surface area contributed by atoms with Gasteiger partial charge in [0.05, 0.1) is 19.4 Å². The second-order valence-corrected chi connectivity index (χ2v) is 7.99. The van der Waals surface area contributed by atoms with Crippen LogP contribution >= 0.6 is 0 Å². The van der Waals surface area contributed by atoms with E-state index < -0.39 is 16.1 Å². The minimum absolute atomic E-state index is 0.00568. The van der Waals surface area contributed by atoms with Crippen molar-refractivity contribution in [2.24, 2.45) is 0 Å². The fraction of sp³-hybridized carbons (Fsp3) is 0.588. The summed E-state index contributed by atoms with van der Waals surface area (Å²) in [5.74, 6) is 0.685. The average Bonchev–Trinajstić information content (AvgIpc) is 2.82. The third kappa shape index (κ3) is 5.79. The van der Waals surface area contributed by atoms with Crippen LogP contribution in [-0.2, 0) is 14.8 Å². The van der Waals surface area contributed by atoms with Gasteiger partial charge >= 0.3 is 0 Å². The Labute approximate surface area is 144 Å². The predicted molar refractivity (Wildman–Crippen MR) is 93.4 cm³/mol. The van der Waals surface area contributed by atoms with Crippen molar-refractivity contribution >= 4 is 15.9 Å². The molecule has 1 heterocycles. The third-order valence-electron chi connectivity index (χ3n) is 4.21. The van der Waals surface area contributed by atoms with Crippen LogP contribution in [0.3, 0.4) is 0 Å². The molecule has 2 rings (SSSR count). The number of nitrogens with zero attached hydrogens (tertiary/aromatic N) is 1. The van der Waals surface area contributed by atoms with E-state index in [4.69, 9.17) is 4.74 Å². The summed E-state index contributed by atoms with van der Waals surface area (Å²) < 4.78 is 31.1. The van der Waals surface area contributed by atoms with E-state index in [1.807, 2.05) is 4.90 Å². The molecule has 1 aromatic rings. The van der Waals surface area contributed by atoms with Gasteiger partial charge < -0.3 is 9.64 Å². The fourth-order valence-electron chi connectivity index (χ4n) is 2.95. The van der Waals surface area contributed by atoms with Gasteiger partial charge in [-0.2, -0.15) is 0 Å². The van der Waals surface area contributed by atoms with Gasteiger partial charge in [-0.3, -0.25) is 4.79 Å². The van der Waals surface area contributed by atoms with Crippen molar-refractivity contribution in [3.05, 3.63) is 29.8 Å². The molecule has 6 nitrogen and oxygen atoms in total. The van der Waals surface area contributed by atoms with Crippen molar-refractivity contribution in [2.45, 2.75) is 38.1 Å². The third-order valence-corrected chi connectivity index (χ3v) is 4.92. The summed E-state index contributed by atoms with van der Waals surface area (Å²) in [5.41, 5.74) is 0.754. The van der Waals surface area contributed by atoms with Gasteiger partial charge in [-0.1, -0.05) is 25.0 Å². The Hall–Kier alpha value is -1.60. The highest BCUT2D eigenvalue weighted by Crippen LogP contribution is 2.23. The summed E-state index contributed by atoms with van der Waals surface area (Å²) >= 11 is 0. The highest BCUT2D eigenvalue weighted by Gasteiger charge is 2.23. The standard InChI is InChI=1S/C17H26N2O4S/c1-23-15-9-7-14(8-10-15)16(18-24(2,21)22)13-17(20)19-11-5-3-4-6-12-19/h7-10,16,18H,3-6,11-13H2,1-2H3/t16-/m0/s1. The lowest BCUT2D eigenvalue weighted by molar-refractivity contribution is -0.131. The van der Waals surface area contributed by atoms with Crippen LogP contribution in [-0.4, -0.2) is 45.7 Å². The quantitative estimate of drug-likeness (QED) is 0.849. The second kappa shape index (κ2) is 8.48. The molecule has 7 heteroatoms. The number of sulfonamides is 1. The molecule has 1 aliphatic heterocycles. The number of benzene rings is 1. The molecule has 0 saturated carbocycles. The SMILES string of the molecule is COc1ccc([C@H](CC(=O)N2CCCCCC2)NS(C)(=O)=O)cc1. The monoisotopic (exact) mass is 354 g/mol. The number of nitrogens with one attached hydrogen (secondary N) is 1. The van der Waals surface area contributed by atoms with Crippen molar-refractivity contribution in [1.29, 1.82) is 0 Å². The Balaban J connectivity index is 2.14. The molecule has 0 radical (unpaired) electrons. The lowest BCUT2D eigenvalue weighted by Crippen LogP contribution is -2.36. The molecular formula is C17H26N2O4S. The molecule has 0 bridgehead atoms. The Morgan fingerprint density at radius 2 is 1.75 bits per heavy atom. The Kier molecular flexibility index (Phi) is 6.62. The van der Waals surface area contributed by atoms with E-state index in [-0.39, 0.29) is 12.3 Å². The van der Waals surface area contributed by atoms with Crippen molar-refractivity contribution in [2.75, 3.05) is 26.5 Å². The van der Waals surface area contributed by atoms with Gasteiger partial charge in [0.1, 0.15) is 5.75 Å². The zero-order valence-electron chi connectivity index (χ0n) is 14.3. The highest BCUT2D eigenvalue weighted by atomic mass is 32.2. The summed E-state index contributed by atoms with van der Waals surface area (Å²) in [7, 11) is -1.85. The number of methoxy groups -OCH3 is 1. The van der Waals surface area contributed by atoms with Gasteiger partial charge in [0, 0.05) is 19.5 Å². The maximum absolute atomic E-state index is 12.6. The molecule has 24 heavy (non-hydrogen) atoms. The Morgan fingerprint density at radius 3 is 2.25 bits per heavy atom. The van der Waals surface area contributed by atoms with Crippen molar-refractivity contribution in [1.82, 2.24) is 9.62 Å². The first-order valence-corrected chi connectivity index (χ1v) is 10.2. The molecule has 0 aromatic heterocycles. The average molecular weight is 354 g/mol. The van der Waals surface area contributed by atoms with E-state index in [0.717, 1.165) is 50.6 Å². The van der Waals surface area contributed by atoms with Crippen LogP contribution in [0.1, 0.15) is 43.7 Å². The summed E-state index contributed by atoms with van der Waals surface area (Å²) in [6.45, 7) is 1.51. The van der Waals surface area contributed by atoms with Gasteiger partial charge in [-0.05, 0) is 30.5 Å². The molecule has 1 saturated heterocycles.